The number of oxazole rings is 1. The minimum absolute atomic E-state index is 0.620. The van der Waals surface area contributed by atoms with Gasteiger partial charge in [0.1, 0.15) is 5.52 Å². The van der Waals surface area contributed by atoms with Crippen LogP contribution in [0.3, 0.4) is 0 Å². The molecular weight excluding hydrogens is 681 g/mol. The molecule has 0 radical (unpaired) electrons. The highest BCUT2D eigenvalue weighted by Gasteiger charge is 2.19. The summed E-state index contributed by atoms with van der Waals surface area (Å²) in [4.78, 5) is 20.3. The Morgan fingerprint density at radius 1 is 0.370 bits per heavy atom. The van der Waals surface area contributed by atoms with E-state index in [1.54, 1.807) is 11.3 Å². The molecule has 0 saturated carbocycles. The molecular formula is C48H28N4OS. The molecule has 0 atom stereocenters. The molecule has 0 spiro atoms. The summed E-state index contributed by atoms with van der Waals surface area (Å²) in [5, 5.41) is 6.82. The lowest BCUT2D eigenvalue weighted by Crippen LogP contribution is -2.00. The zero-order valence-corrected chi connectivity index (χ0v) is 29.6. The van der Waals surface area contributed by atoms with Crippen LogP contribution in [0.4, 0.5) is 0 Å². The van der Waals surface area contributed by atoms with Gasteiger partial charge in [-0.3, -0.25) is 0 Å². The van der Waals surface area contributed by atoms with Gasteiger partial charge in [-0.1, -0.05) is 121 Å². The molecule has 0 unspecified atom stereocenters. The summed E-state index contributed by atoms with van der Waals surface area (Å²) in [5.74, 6) is 2.50. The summed E-state index contributed by atoms with van der Waals surface area (Å²) < 4.78 is 8.68. The van der Waals surface area contributed by atoms with Crippen LogP contribution in [0.25, 0.3) is 110 Å². The van der Waals surface area contributed by atoms with E-state index in [9.17, 15) is 0 Å². The molecule has 11 aromatic rings. The zero-order chi connectivity index (χ0) is 35.6. The van der Waals surface area contributed by atoms with Gasteiger partial charge in [0, 0.05) is 42.4 Å². The number of benzene rings is 8. The first-order valence-electron chi connectivity index (χ1n) is 17.9. The molecule has 3 heterocycles. The van der Waals surface area contributed by atoms with E-state index in [2.05, 4.69) is 97.1 Å². The fraction of sp³-hybridized carbons (Fsp3) is 0. The molecule has 0 aliphatic heterocycles. The largest absolute Gasteiger partial charge is 0.436 e. The standard InChI is InChI=1S/C48H28N4OS/c1-4-10-29(11-5-1)33-17-18-35-27-36(21-19-34(35)26-33)46-50-45(31-12-6-2-7-13-31)51-47(52-46)37-20-16-30-22-24-40-42(38(30)28-37)43-41(54-40)25-23-39-44(43)49-48(53-39)32-14-8-3-9-15-32/h1-28H. The summed E-state index contributed by atoms with van der Waals surface area (Å²) in [5.41, 5.74) is 7.78. The number of hydrogen-bond donors (Lipinski definition) is 0. The van der Waals surface area contributed by atoms with Crippen LogP contribution in [0.1, 0.15) is 0 Å². The second-order valence-electron chi connectivity index (χ2n) is 13.5. The van der Waals surface area contributed by atoms with Crippen molar-refractivity contribution < 1.29 is 4.42 Å². The Kier molecular flexibility index (Phi) is 6.97. The zero-order valence-electron chi connectivity index (χ0n) is 28.8. The molecule has 0 saturated heterocycles. The van der Waals surface area contributed by atoms with Crippen LogP contribution in [-0.2, 0) is 0 Å². The van der Waals surface area contributed by atoms with Gasteiger partial charge >= 0.3 is 0 Å². The molecule has 0 aliphatic rings. The summed E-state index contributed by atoms with van der Waals surface area (Å²) in [6.07, 6.45) is 0. The van der Waals surface area contributed by atoms with Gasteiger partial charge in [-0.05, 0) is 81.2 Å². The molecule has 54 heavy (non-hydrogen) atoms. The molecule has 3 aromatic heterocycles. The maximum atomic E-state index is 6.32. The first-order chi connectivity index (χ1) is 26.7. The van der Waals surface area contributed by atoms with E-state index >= 15 is 0 Å². The minimum atomic E-state index is 0.620. The second-order valence-corrected chi connectivity index (χ2v) is 14.5. The molecule has 5 nitrogen and oxygen atoms in total. The molecule has 0 amide bonds. The Labute approximate surface area is 313 Å². The van der Waals surface area contributed by atoms with E-state index in [0.29, 0.717) is 23.4 Å². The average Bonchev–Trinajstić information content (AvgIpc) is 3.86. The predicted molar refractivity (Wildman–Crippen MR) is 222 cm³/mol. The lowest BCUT2D eigenvalue weighted by atomic mass is 9.99. The van der Waals surface area contributed by atoms with E-state index in [-0.39, 0.29) is 0 Å². The van der Waals surface area contributed by atoms with Crippen LogP contribution in [0.15, 0.2) is 174 Å². The Morgan fingerprint density at radius 2 is 0.889 bits per heavy atom. The minimum Gasteiger partial charge on any atom is -0.436 e. The van der Waals surface area contributed by atoms with Crippen LogP contribution in [0.2, 0.25) is 0 Å². The fourth-order valence-corrected chi connectivity index (χ4v) is 8.58. The van der Waals surface area contributed by atoms with Crippen LogP contribution in [0.5, 0.6) is 0 Å². The van der Waals surface area contributed by atoms with Crippen LogP contribution in [-0.4, -0.2) is 19.9 Å². The van der Waals surface area contributed by atoms with E-state index < -0.39 is 0 Å². The highest BCUT2D eigenvalue weighted by atomic mass is 32.1. The third kappa shape index (κ3) is 5.15. The van der Waals surface area contributed by atoms with Crippen molar-refractivity contribution in [3.63, 3.8) is 0 Å². The lowest BCUT2D eigenvalue weighted by Gasteiger charge is -2.10. The van der Waals surface area contributed by atoms with Crippen LogP contribution < -0.4 is 0 Å². The Bertz CT molecular complexity index is 3210. The maximum Gasteiger partial charge on any atom is 0.227 e. The highest BCUT2D eigenvalue weighted by Crippen LogP contribution is 2.43. The Hall–Kier alpha value is -7.02. The molecule has 0 aliphatic carbocycles. The van der Waals surface area contributed by atoms with Crippen molar-refractivity contribution in [1.82, 2.24) is 19.9 Å². The first kappa shape index (κ1) is 30.6. The molecule has 0 fully saturated rings. The molecule has 11 rings (SSSR count). The van der Waals surface area contributed by atoms with Gasteiger partial charge in [-0.2, -0.15) is 0 Å². The van der Waals surface area contributed by atoms with Crippen molar-refractivity contribution in [2.24, 2.45) is 0 Å². The summed E-state index contributed by atoms with van der Waals surface area (Å²) in [6, 6.07) is 58.8. The van der Waals surface area contributed by atoms with Gasteiger partial charge in [0.2, 0.25) is 5.89 Å². The summed E-state index contributed by atoms with van der Waals surface area (Å²) in [6.45, 7) is 0. The van der Waals surface area contributed by atoms with Gasteiger partial charge in [-0.25, -0.2) is 19.9 Å². The number of fused-ring (bicyclic) bond motifs is 8. The van der Waals surface area contributed by atoms with Crippen molar-refractivity contribution in [1.29, 1.82) is 0 Å². The van der Waals surface area contributed by atoms with Gasteiger partial charge in [0.15, 0.2) is 23.1 Å². The van der Waals surface area contributed by atoms with Crippen molar-refractivity contribution >= 4 is 64.2 Å². The number of nitrogens with zero attached hydrogens (tertiary/aromatic N) is 4. The average molecular weight is 709 g/mol. The topological polar surface area (TPSA) is 64.7 Å². The Balaban J connectivity index is 1.08. The Morgan fingerprint density at radius 3 is 1.59 bits per heavy atom. The van der Waals surface area contributed by atoms with Crippen molar-refractivity contribution in [3.8, 4) is 56.7 Å². The third-order valence-corrected chi connectivity index (χ3v) is 11.2. The predicted octanol–water partition coefficient (Wildman–Crippen LogP) is 13.0. The van der Waals surface area contributed by atoms with E-state index in [0.717, 1.165) is 65.7 Å². The van der Waals surface area contributed by atoms with Crippen molar-refractivity contribution in [3.05, 3.63) is 170 Å². The van der Waals surface area contributed by atoms with Gasteiger partial charge in [-0.15, -0.1) is 11.3 Å². The first-order valence-corrected chi connectivity index (χ1v) is 18.7. The van der Waals surface area contributed by atoms with E-state index in [1.165, 1.54) is 20.5 Å². The van der Waals surface area contributed by atoms with Crippen LogP contribution in [0, 0.1) is 0 Å². The second kappa shape index (κ2) is 12.3. The normalized spacial score (nSPS) is 11.7. The maximum absolute atomic E-state index is 6.32. The number of hydrogen-bond acceptors (Lipinski definition) is 6. The molecule has 0 bridgehead atoms. The fourth-order valence-electron chi connectivity index (χ4n) is 7.45. The number of thiophene rings is 1. The van der Waals surface area contributed by atoms with Crippen molar-refractivity contribution in [2.45, 2.75) is 0 Å². The van der Waals surface area contributed by atoms with E-state index in [4.69, 9.17) is 24.4 Å². The quantitative estimate of drug-likeness (QED) is 0.178. The van der Waals surface area contributed by atoms with Crippen LogP contribution >= 0.6 is 11.3 Å². The highest BCUT2D eigenvalue weighted by molar-refractivity contribution is 7.26. The third-order valence-electron chi connectivity index (χ3n) is 10.1. The molecule has 6 heteroatoms. The number of aromatic nitrogens is 4. The molecule has 252 valence electrons. The van der Waals surface area contributed by atoms with Gasteiger partial charge in [0.25, 0.3) is 0 Å². The van der Waals surface area contributed by atoms with Gasteiger partial charge in [0.05, 0.1) is 0 Å². The molecule has 8 aromatic carbocycles. The summed E-state index contributed by atoms with van der Waals surface area (Å²) >= 11 is 1.77. The molecule has 0 N–H and O–H groups in total. The van der Waals surface area contributed by atoms with E-state index in [1.807, 2.05) is 72.8 Å². The number of rotatable bonds is 5. The lowest BCUT2D eigenvalue weighted by molar-refractivity contribution is 0.620. The van der Waals surface area contributed by atoms with Gasteiger partial charge < -0.3 is 4.42 Å². The summed E-state index contributed by atoms with van der Waals surface area (Å²) in [7, 11) is 0. The SMILES string of the molecule is c1ccc(-c2ccc3cc(-c4nc(-c5ccccc5)nc(-c5ccc6ccc7sc8ccc9oc(-c%10ccccc%10)nc9c8c7c6c5)n4)ccc3c2)cc1. The van der Waals surface area contributed by atoms with Crippen molar-refractivity contribution in [2.75, 3.05) is 0 Å². The monoisotopic (exact) mass is 708 g/mol. The smallest absolute Gasteiger partial charge is 0.227 e.